The second-order valence-corrected chi connectivity index (χ2v) is 7.00. The summed E-state index contributed by atoms with van der Waals surface area (Å²) in [6.45, 7) is 4.94. The topological polar surface area (TPSA) is 64.7 Å². The lowest BCUT2D eigenvalue weighted by molar-refractivity contribution is 0.0956. The molecular formula is C21H26N4O2. The number of amides is 3. The van der Waals surface area contributed by atoms with E-state index >= 15 is 0 Å². The third-order valence-electron chi connectivity index (χ3n) is 4.65. The molecule has 6 nitrogen and oxygen atoms in total. The number of nitrogens with one attached hydrogen (secondary N) is 2. The smallest absolute Gasteiger partial charge is 0.321 e. The van der Waals surface area contributed by atoms with Crippen LogP contribution < -0.4 is 10.6 Å². The van der Waals surface area contributed by atoms with E-state index in [2.05, 4.69) is 40.8 Å². The lowest BCUT2D eigenvalue weighted by Crippen LogP contribution is -2.30. The van der Waals surface area contributed by atoms with Crippen LogP contribution >= 0.6 is 0 Å². The van der Waals surface area contributed by atoms with Crippen molar-refractivity contribution in [3.05, 3.63) is 64.7 Å². The minimum absolute atomic E-state index is 0.116. The van der Waals surface area contributed by atoms with Crippen molar-refractivity contribution in [2.45, 2.75) is 26.6 Å². The van der Waals surface area contributed by atoms with Gasteiger partial charge in [0.1, 0.15) is 0 Å². The number of urea groups is 1. The van der Waals surface area contributed by atoms with E-state index < -0.39 is 0 Å². The SMILES string of the molecule is CCNC(=O)c1ccc(NC(=O)N(C)Cc2ccc3c(c2)CN(C)C3)cc1. The highest BCUT2D eigenvalue weighted by molar-refractivity contribution is 5.95. The van der Waals surface area contributed by atoms with E-state index in [0.29, 0.717) is 24.3 Å². The molecule has 142 valence electrons. The number of hydrogen-bond donors (Lipinski definition) is 2. The van der Waals surface area contributed by atoms with Gasteiger partial charge in [0.2, 0.25) is 0 Å². The van der Waals surface area contributed by atoms with Gasteiger partial charge in [-0.05, 0) is 54.9 Å². The standard InChI is InChI=1S/C21H26N4O2/c1-4-22-20(26)16-7-9-19(10-8-16)23-21(27)25(3)12-15-5-6-17-13-24(2)14-18(17)11-15/h5-11H,4,12-14H2,1-3H3,(H,22,26)(H,23,27). The van der Waals surface area contributed by atoms with Crippen LogP contribution in [0, 0.1) is 0 Å². The van der Waals surface area contributed by atoms with Gasteiger partial charge in [0.05, 0.1) is 0 Å². The number of hydrogen-bond acceptors (Lipinski definition) is 3. The van der Waals surface area contributed by atoms with Crippen molar-refractivity contribution in [2.24, 2.45) is 0 Å². The fourth-order valence-corrected chi connectivity index (χ4v) is 3.25. The molecular weight excluding hydrogens is 340 g/mol. The first-order valence-electron chi connectivity index (χ1n) is 9.16. The van der Waals surface area contributed by atoms with Crippen LogP contribution in [0.3, 0.4) is 0 Å². The summed E-state index contributed by atoms with van der Waals surface area (Å²) in [6, 6.07) is 13.1. The van der Waals surface area contributed by atoms with Gasteiger partial charge < -0.3 is 15.5 Å². The maximum Gasteiger partial charge on any atom is 0.321 e. The van der Waals surface area contributed by atoms with Gasteiger partial charge in [-0.25, -0.2) is 4.79 Å². The molecule has 0 radical (unpaired) electrons. The second kappa shape index (κ2) is 8.22. The molecule has 0 saturated carbocycles. The van der Waals surface area contributed by atoms with Crippen LogP contribution in [0.15, 0.2) is 42.5 Å². The van der Waals surface area contributed by atoms with Gasteiger partial charge in [-0.15, -0.1) is 0 Å². The molecule has 2 aromatic carbocycles. The average molecular weight is 366 g/mol. The maximum atomic E-state index is 12.5. The Balaban J connectivity index is 1.58. The number of fused-ring (bicyclic) bond motifs is 1. The third kappa shape index (κ3) is 4.65. The van der Waals surface area contributed by atoms with Crippen molar-refractivity contribution in [3.8, 4) is 0 Å². The van der Waals surface area contributed by atoms with Crippen molar-refractivity contribution < 1.29 is 9.59 Å². The van der Waals surface area contributed by atoms with Gasteiger partial charge in [0.15, 0.2) is 0 Å². The number of rotatable bonds is 5. The zero-order valence-electron chi connectivity index (χ0n) is 16.1. The zero-order chi connectivity index (χ0) is 19.4. The Hall–Kier alpha value is -2.86. The lowest BCUT2D eigenvalue weighted by Gasteiger charge is -2.18. The molecule has 0 aromatic heterocycles. The van der Waals surface area contributed by atoms with E-state index in [0.717, 1.165) is 18.7 Å². The zero-order valence-corrected chi connectivity index (χ0v) is 16.1. The molecule has 0 saturated heterocycles. The Labute approximate surface area is 160 Å². The quantitative estimate of drug-likeness (QED) is 0.855. The summed E-state index contributed by atoms with van der Waals surface area (Å²) in [5, 5.41) is 5.62. The molecule has 2 N–H and O–H groups in total. The lowest BCUT2D eigenvalue weighted by atomic mass is 10.1. The first-order valence-corrected chi connectivity index (χ1v) is 9.16. The van der Waals surface area contributed by atoms with Gasteiger partial charge in [-0.2, -0.15) is 0 Å². The van der Waals surface area contributed by atoms with E-state index in [-0.39, 0.29) is 11.9 Å². The molecule has 3 rings (SSSR count). The van der Waals surface area contributed by atoms with Gasteiger partial charge in [-0.3, -0.25) is 9.69 Å². The van der Waals surface area contributed by atoms with Crippen LogP contribution in [0.1, 0.15) is 34.0 Å². The summed E-state index contributed by atoms with van der Waals surface area (Å²) in [6.07, 6.45) is 0. The number of benzene rings is 2. The van der Waals surface area contributed by atoms with Crippen LogP contribution in [-0.4, -0.2) is 42.4 Å². The van der Waals surface area contributed by atoms with Gasteiger partial charge in [-0.1, -0.05) is 18.2 Å². The van der Waals surface area contributed by atoms with Crippen molar-refractivity contribution >= 4 is 17.6 Å². The Morgan fingerprint density at radius 3 is 2.48 bits per heavy atom. The fraction of sp³-hybridized carbons (Fsp3) is 0.333. The minimum Gasteiger partial charge on any atom is -0.352 e. The Kier molecular flexibility index (Phi) is 5.76. The first kappa shape index (κ1) is 18.9. The summed E-state index contributed by atoms with van der Waals surface area (Å²) in [5.74, 6) is -0.116. The molecule has 0 fully saturated rings. The normalized spacial score (nSPS) is 13.1. The van der Waals surface area contributed by atoms with Crippen molar-refractivity contribution in [2.75, 3.05) is 26.0 Å². The van der Waals surface area contributed by atoms with E-state index in [4.69, 9.17) is 0 Å². The Morgan fingerprint density at radius 2 is 1.78 bits per heavy atom. The highest BCUT2D eigenvalue weighted by Gasteiger charge is 2.17. The van der Waals surface area contributed by atoms with Crippen LogP contribution in [0.5, 0.6) is 0 Å². The van der Waals surface area contributed by atoms with Crippen LogP contribution in [0.25, 0.3) is 0 Å². The van der Waals surface area contributed by atoms with E-state index in [9.17, 15) is 9.59 Å². The molecule has 3 amide bonds. The number of carbonyl (C=O) groups excluding carboxylic acids is 2. The monoisotopic (exact) mass is 366 g/mol. The Morgan fingerprint density at radius 1 is 1.07 bits per heavy atom. The first-order chi connectivity index (χ1) is 13.0. The third-order valence-corrected chi connectivity index (χ3v) is 4.65. The molecule has 0 bridgehead atoms. The Bertz CT molecular complexity index is 833. The fourth-order valence-electron chi connectivity index (χ4n) is 3.25. The van der Waals surface area contributed by atoms with E-state index in [1.54, 1.807) is 36.2 Å². The predicted octanol–water partition coefficient (Wildman–Crippen LogP) is 3.05. The molecule has 6 heteroatoms. The van der Waals surface area contributed by atoms with E-state index in [1.165, 1.54) is 11.1 Å². The molecule has 1 aliphatic rings. The summed E-state index contributed by atoms with van der Waals surface area (Å²) in [5.41, 5.74) is 5.06. The van der Waals surface area contributed by atoms with Crippen LogP contribution in [-0.2, 0) is 19.6 Å². The molecule has 1 heterocycles. The van der Waals surface area contributed by atoms with Crippen molar-refractivity contribution in [1.29, 1.82) is 0 Å². The molecule has 2 aromatic rings. The minimum atomic E-state index is -0.182. The van der Waals surface area contributed by atoms with Gasteiger partial charge in [0.25, 0.3) is 5.91 Å². The highest BCUT2D eigenvalue weighted by Crippen LogP contribution is 2.23. The summed E-state index contributed by atoms with van der Waals surface area (Å²) in [4.78, 5) is 28.2. The summed E-state index contributed by atoms with van der Waals surface area (Å²) >= 11 is 0. The molecule has 0 atom stereocenters. The molecule has 0 spiro atoms. The average Bonchev–Trinajstić information content (AvgIpc) is 3.01. The number of carbonyl (C=O) groups is 2. The van der Waals surface area contributed by atoms with Gasteiger partial charge in [0, 0.05) is 44.5 Å². The number of anilines is 1. The predicted molar refractivity (Wildman–Crippen MR) is 107 cm³/mol. The van der Waals surface area contributed by atoms with Gasteiger partial charge >= 0.3 is 6.03 Å². The molecule has 0 aliphatic carbocycles. The van der Waals surface area contributed by atoms with E-state index in [1.807, 2.05) is 6.92 Å². The van der Waals surface area contributed by atoms with Crippen molar-refractivity contribution in [3.63, 3.8) is 0 Å². The van der Waals surface area contributed by atoms with Crippen LogP contribution in [0.4, 0.5) is 10.5 Å². The van der Waals surface area contributed by atoms with Crippen molar-refractivity contribution in [1.82, 2.24) is 15.1 Å². The largest absolute Gasteiger partial charge is 0.352 e. The molecule has 27 heavy (non-hydrogen) atoms. The second-order valence-electron chi connectivity index (χ2n) is 7.00. The summed E-state index contributed by atoms with van der Waals surface area (Å²) < 4.78 is 0. The highest BCUT2D eigenvalue weighted by atomic mass is 16.2. The number of nitrogens with zero attached hydrogens (tertiary/aromatic N) is 2. The molecule has 1 aliphatic heterocycles. The molecule has 0 unspecified atom stereocenters. The summed E-state index contributed by atoms with van der Waals surface area (Å²) in [7, 11) is 3.88. The van der Waals surface area contributed by atoms with Crippen LogP contribution in [0.2, 0.25) is 0 Å². The maximum absolute atomic E-state index is 12.5.